The fourth-order valence-corrected chi connectivity index (χ4v) is 3.76. The number of furan rings is 1. The van der Waals surface area contributed by atoms with Gasteiger partial charge in [-0.2, -0.15) is 0 Å². The molecule has 0 bridgehead atoms. The Morgan fingerprint density at radius 1 is 0.962 bits per heavy atom. The van der Waals surface area contributed by atoms with Crippen LogP contribution in [0.4, 0.5) is 5.69 Å². The third-order valence-electron chi connectivity index (χ3n) is 4.08. The summed E-state index contributed by atoms with van der Waals surface area (Å²) in [5.74, 6) is 1.13. The molecule has 1 heterocycles. The van der Waals surface area contributed by atoms with Crippen molar-refractivity contribution in [3.63, 3.8) is 0 Å². The van der Waals surface area contributed by atoms with E-state index in [4.69, 9.17) is 16.0 Å². The van der Waals surface area contributed by atoms with Crippen LogP contribution in [0.25, 0.3) is 21.9 Å². The van der Waals surface area contributed by atoms with Crippen molar-refractivity contribution in [1.29, 1.82) is 0 Å². The number of carbonyl (C=O) groups excluding carboxylic acids is 1. The van der Waals surface area contributed by atoms with Crippen LogP contribution in [-0.2, 0) is 10.5 Å². The lowest BCUT2D eigenvalue weighted by Gasteiger charge is -2.05. The van der Waals surface area contributed by atoms with Gasteiger partial charge in [-0.05, 0) is 35.9 Å². The van der Waals surface area contributed by atoms with Gasteiger partial charge in [-0.1, -0.05) is 41.9 Å². The molecule has 0 saturated carbocycles. The molecule has 0 fully saturated rings. The van der Waals surface area contributed by atoms with Crippen LogP contribution in [0, 0.1) is 0 Å². The van der Waals surface area contributed by atoms with E-state index in [0.717, 1.165) is 44.0 Å². The van der Waals surface area contributed by atoms with Gasteiger partial charge in [0.1, 0.15) is 11.2 Å². The topological polar surface area (TPSA) is 42.2 Å². The summed E-state index contributed by atoms with van der Waals surface area (Å²) < 4.78 is 5.86. The molecule has 0 aliphatic heterocycles. The number of rotatable bonds is 5. The molecule has 3 nitrogen and oxygen atoms in total. The largest absolute Gasteiger partial charge is 0.456 e. The Hall–Kier alpha value is -2.43. The second-order valence-corrected chi connectivity index (χ2v) is 7.40. The highest BCUT2D eigenvalue weighted by molar-refractivity contribution is 7.99. The Morgan fingerprint density at radius 2 is 1.73 bits per heavy atom. The highest BCUT2D eigenvalue weighted by atomic mass is 35.5. The lowest BCUT2D eigenvalue weighted by Crippen LogP contribution is -2.14. The van der Waals surface area contributed by atoms with Gasteiger partial charge in [-0.3, -0.25) is 4.79 Å². The standard InChI is InChI=1S/C21H16ClNO2S/c22-15-7-5-14(6-8-15)12-26-13-21(24)23-16-9-10-18-17-3-1-2-4-19(17)25-20(18)11-16/h1-11H,12-13H2,(H,23,24). The van der Waals surface area contributed by atoms with E-state index < -0.39 is 0 Å². The summed E-state index contributed by atoms with van der Waals surface area (Å²) >= 11 is 7.44. The molecule has 4 aromatic rings. The number of nitrogens with one attached hydrogen (secondary N) is 1. The third kappa shape index (κ3) is 3.71. The average Bonchev–Trinajstić information content (AvgIpc) is 3.01. The molecule has 26 heavy (non-hydrogen) atoms. The van der Waals surface area contributed by atoms with E-state index in [1.165, 1.54) is 0 Å². The van der Waals surface area contributed by atoms with E-state index in [1.54, 1.807) is 11.8 Å². The van der Waals surface area contributed by atoms with E-state index in [-0.39, 0.29) is 5.91 Å². The molecule has 0 saturated heterocycles. The summed E-state index contributed by atoms with van der Waals surface area (Å²) in [5, 5.41) is 5.79. The highest BCUT2D eigenvalue weighted by Crippen LogP contribution is 2.30. The number of para-hydroxylation sites is 1. The average molecular weight is 382 g/mol. The minimum atomic E-state index is -0.0283. The molecule has 130 valence electrons. The number of hydrogen-bond acceptors (Lipinski definition) is 3. The number of hydrogen-bond donors (Lipinski definition) is 1. The molecule has 4 rings (SSSR count). The maximum Gasteiger partial charge on any atom is 0.234 e. The number of anilines is 1. The second-order valence-electron chi connectivity index (χ2n) is 5.98. The normalized spacial score (nSPS) is 11.1. The van der Waals surface area contributed by atoms with E-state index in [2.05, 4.69) is 5.32 Å². The van der Waals surface area contributed by atoms with Crippen molar-refractivity contribution in [3.8, 4) is 0 Å². The molecule has 0 atom stereocenters. The molecular weight excluding hydrogens is 366 g/mol. The van der Waals surface area contributed by atoms with E-state index in [1.807, 2.05) is 66.7 Å². The van der Waals surface area contributed by atoms with Crippen molar-refractivity contribution in [3.05, 3.63) is 77.3 Å². The van der Waals surface area contributed by atoms with Crippen LogP contribution in [0.2, 0.25) is 5.02 Å². The summed E-state index contributed by atoms with van der Waals surface area (Å²) in [7, 11) is 0. The first kappa shape index (κ1) is 17.0. The zero-order chi connectivity index (χ0) is 17.9. The summed E-state index contributed by atoms with van der Waals surface area (Å²) in [4.78, 5) is 12.2. The van der Waals surface area contributed by atoms with Crippen LogP contribution >= 0.6 is 23.4 Å². The van der Waals surface area contributed by atoms with Crippen molar-refractivity contribution in [1.82, 2.24) is 0 Å². The van der Waals surface area contributed by atoms with Gasteiger partial charge in [0, 0.05) is 33.3 Å². The van der Waals surface area contributed by atoms with Crippen LogP contribution in [0.3, 0.4) is 0 Å². The van der Waals surface area contributed by atoms with Crippen molar-refractivity contribution >= 4 is 56.9 Å². The number of fused-ring (bicyclic) bond motifs is 3. The minimum Gasteiger partial charge on any atom is -0.456 e. The van der Waals surface area contributed by atoms with Crippen LogP contribution in [0.1, 0.15) is 5.56 Å². The monoisotopic (exact) mass is 381 g/mol. The van der Waals surface area contributed by atoms with Crippen molar-refractivity contribution < 1.29 is 9.21 Å². The van der Waals surface area contributed by atoms with Gasteiger partial charge in [0.25, 0.3) is 0 Å². The van der Waals surface area contributed by atoms with Gasteiger partial charge in [0.2, 0.25) is 5.91 Å². The summed E-state index contributed by atoms with van der Waals surface area (Å²) in [6, 6.07) is 21.4. The fraction of sp³-hybridized carbons (Fsp3) is 0.0952. The zero-order valence-electron chi connectivity index (χ0n) is 13.9. The maximum atomic E-state index is 12.2. The quantitative estimate of drug-likeness (QED) is 0.453. The maximum absolute atomic E-state index is 12.2. The van der Waals surface area contributed by atoms with Gasteiger partial charge in [-0.25, -0.2) is 0 Å². The molecule has 1 N–H and O–H groups in total. The molecule has 1 amide bonds. The van der Waals surface area contributed by atoms with Crippen molar-refractivity contribution in [2.24, 2.45) is 0 Å². The SMILES string of the molecule is O=C(CSCc1ccc(Cl)cc1)Nc1ccc2c(c1)oc1ccccc12. The van der Waals surface area contributed by atoms with Crippen LogP contribution in [0.5, 0.6) is 0 Å². The first-order valence-corrected chi connectivity index (χ1v) is 9.76. The Kier molecular flexibility index (Phi) is 4.87. The van der Waals surface area contributed by atoms with Crippen LogP contribution in [0.15, 0.2) is 71.1 Å². The van der Waals surface area contributed by atoms with Crippen molar-refractivity contribution in [2.45, 2.75) is 5.75 Å². The molecule has 0 unspecified atom stereocenters. The second kappa shape index (κ2) is 7.44. The third-order valence-corrected chi connectivity index (χ3v) is 5.33. The fourth-order valence-electron chi connectivity index (χ4n) is 2.84. The van der Waals surface area contributed by atoms with Crippen molar-refractivity contribution in [2.75, 3.05) is 11.1 Å². The minimum absolute atomic E-state index is 0.0283. The Labute approximate surface area is 160 Å². The Bertz CT molecular complexity index is 1070. The molecule has 0 radical (unpaired) electrons. The predicted molar refractivity (Wildman–Crippen MR) is 110 cm³/mol. The number of benzene rings is 3. The van der Waals surface area contributed by atoms with Gasteiger partial charge in [0.15, 0.2) is 0 Å². The molecular formula is C21H16ClNO2S. The summed E-state index contributed by atoms with van der Waals surface area (Å²) in [6.07, 6.45) is 0. The number of amides is 1. The Morgan fingerprint density at radius 3 is 2.58 bits per heavy atom. The number of halogens is 1. The predicted octanol–water partition coefficient (Wildman–Crippen LogP) is 6.11. The first-order valence-electron chi connectivity index (χ1n) is 8.22. The van der Waals surface area contributed by atoms with Gasteiger partial charge < -0.3 is 9.73 Å². The van der Waals surface area contributed by atoms with Gasteiger partial charge in [0.05, 0.1) is 5.75 Å². The zero-order valence-corrected chi connectivity index (χ0v) is 15.4. The van der Waals surface area contributed by atoms with E-state index in [0.29, 0.717) is 5.75 Å². The highest BCUT2D eigenvalue weighted by Gasteiger charge is 2.08. The molecule has 3 aromatic carbocycles. The number of thioether (sulfide) groups is 1. The molecule has 0 spiro atoms. The van der Waals surface area contributed by atoms with Crippen LogP contribution in [-0.4, -0.2) is 11.7 Å². The first-order chi connectivity index (χ1) is 12.7. The van der Waals surface area contributed by atoms with Crippen LogP contribution < -0.4 is 5.32 Å². The number of carbonyl (C=O) groups is 1. The lowest BCUT2D eigenvalue weighted by molar-refractivity contribution is -0.113. The van der Waals surface area contributed by atoms with Gasteiger partial charge >= 0.3 is 0 Å². The molecule has 0 aliphatic rings. The summed E-state index contributed by atoms with van der Waals surface area (Å²) in [5.41, 5.74) is 3.52. The smallest absolute Gasteiger partial charge is 0.234 e. The molecule has 5 heteroatoms. The molecule has 0 aliphatic carbocycles. The van der Waals surface area contributed by atoms with E-state index >= 15 is 0 Å². The van der Waals surface area contributed by atoms with Gasteiger partial charge in [-0.15, -0.1) is 11.8 Å². The lowest BCUT2D eigenvalue weighted by atomic mass is 10.1. The Balaban J connectivity index is 1.39. The molecule has 1 aromatic heterocycles. The van der Waals surface area contributed by atoms with E-state index in [9.17, 15) is 4.79 Å². The summed E-state index contributed by atoms with van der Waals surface area (Å²) in [6.45, 7) is 0.